The van der Waals surface area contributed by atoms with Gasteiger partial charge in [-0.25, -0.2) is 0 Å². The van der Waals surface area contributed by atoms with Gasteiger partial charge >= 0.3 is 0 Å². The Hall–Kier alpha value is -2.23. The third-order valence-corrected chi connectivity index (χ3v) is 3.45. The van der Waals surface area contributed by atoms with Crippen molar-refractivity contribution in [3.8, 4) is 0 Å². The van der Waals surface area contributed by atoms with Crippen molar-refractivity contribution in [2.75, 3.05) is 12.4 Å². The van der Waals surface area contributed by atoms with E-state index >= 15 is 0 Å². The molecule has 0 saturated carbocycles. The van der Waals surface area contributed by atoms with Crippen LogP contribution >= 0.6 is 0 Å². The number of nitrogens with zero attached hydrogens (tertiary/aromatic N) is 1. The van der Waals surface area contributed by atoms with Gasteiger partial charge in [0.25, 0.3) is 0 Å². The number of rotatable bonds is 3. The lowest BCUT2D eigenvalue weighted by Gasteiger charge is -2.20. The predicted octanol–water partition coefficient (Wildman–Crippen LogP) is 2.27. The average molecular weight is 256 g/mol. The largest absolute Gasteiger partial charge is 0.472 e. The molecule has 1 aliphatic heterocycles. The topological polar surface area (TPSA) is 45.5 Å². The minimum absolute atomic E-state index is 0.109. The van der Waals surface area contributed by atoms with Crippen LogP contribution in [0.3, 0.4) is 0 Å². The van der Waals surface area contributed by atoms with Gasteiger partial charge in [-0.05, 0) is 17.7 Å². The van der Waals surface area contributed by atoms with Gasteiger partial charge in [-0.15, -0.1) is 0 Å². The third kappa shape index (κ3) is 2.34. The Kier molecular flexibility index (Phi) is 2.99. The monoisotopic (exact) mass is 256 g/mol. The van der Waals surface area contributed by atoms with Crippen molar-refractivity contribution in [3.05, 3.63) is 54.0 Å². The number of hydrogen-bond acceptors (Lipinski definition) is 3. The normalized spacial score (nSPS) is 16.8. The van der Waals surface area contributed by atoms with Crippen molar-refractivity contribution < 1.29 is 9.21 Å². The van der Waals surface area contributed by atoms with Crippen LogP contribution in [0.2, 0.25) is 0 Å². The molecule has 1 aromatic carbocycles. The van der Waals surface area contributed by atoms with Crippen LogP contribution in [-0.2, 0) is 17.8 Å². The average Bonchev–Trinajstić information content (AvgIpc) is 3.05. The molecule has 1 N–H and O–H groups in total. The van der Waals surface area contributed by atoms with Crippen molar-refractivity contribution >= 4 is 11.6 Å². The zero-order valence-electron chi connectivity index (χ0n) is 10.8. The number of amides is 1. The van der Waals surface area contributed by atoms with Gasteiger partial charge in [-0.2, -0.15) is 0 Å². The van der Waals surface area contributed by atoms with Crippen molar-refractivity contribution in [3.63, 3.8) is 0 Å². The summed E-state index contributed by atoms with van der Waals surface area (Å²) >= 11 is 0. The lowest BCUT2D eigenvalue weighted by molar-refractivity contribution is -0.131. The summed E-state index contributed by atoms with van der Waals surface area (Å²) in [6.45, 7) is 0.573. The fourth-order valence-corrected chi connectivity index (χ4v) is 2.45. The molecule has 0 spiro atoms. The van der Waals surface area contributed by atoms with Crippen LogP contribution in [0, 0.1) is 0 Å². The van der Waals surface area contributed by atoms with Gasteiger partial charge in [0, 0.05) is 31.3 Å². The second-order valence-corrected chi connectivity index (χ2v) is 4.88. The van der Waals surface area contributed by atoms with Crippen LogP contribution in [0.5, 0.6) is 0 Å². The Balaban J connectivity index is 1.66. The van der Waals surface area contributed by atoms with Crippen molar-refractivity contribution in [2.24, 2.45) is 0 Å². The first kappa shape index (κ1) is 11.8. The van der Waals surface area contributed by atoms with E-state index in [1.54, 1.807) is 17.4 Å². The van der Waals surface area contributed by atoms with Gasteiger partial charge in [-0.1, -0.05) is 18.2 Å². The minimum atomic E-state index is -0.158. The number of carbonyl (C=O) groups excluding carboxylic acids is 1. The van der Waals surface area contributed by atoms with E-state index in [4.69, 9.17) is 4.42 Å². The standard InChI is InChI=1S/C15H16N2O2/c1-17(9-11-6-7-19-10-11)15(18)14-8-12-4-2-3-5-13(12)16-14/h2-7,10,14,16H,8-9H2,1H3. The smallest absolute Gasteiger partial charge is 0.245 e. The van der Waals surface area contributed by atoms with E-state index in [0.29, 0.717) is 6.54 Å². The molecular weight excluding hydrogens is 240 g/mol. The third-order valence-electron chi connectivity index (χ3n) is 3.45. The Bertz CT molecular complexity index is 553. The SMILES string of the molecule is CN(Cc1ccoc1)C(=O)C1Cc2ccccc2N1. The van der Waals surface area contributed by atoms with Crippen molar-refractivity contribution in [2.45, 2.75) is 19.0 Å². The molecular formula is C15H16N2O2. The first-order chi connectivity index (χ1) is 9.24. The Morgan fingerprint density at radius 3 is 3.00 bits per heavy atom. The number of nitrogens with one attached hydrogen (secondary N) is 1. The van der Waals surface area contributed by atoms with Gasteiger partial charge < -0.3 is 14.6 Å². The van der Waals surface area contributed by atoms with Crippen LogP contribution in [0.15, 0.2) is 47.3 Å². The molecule has 98 valence electrons. The number of benzene rings is 1. The maximum atomic E-state index is 12.4. The van der Waals surface area contributed by atoms with E-state index in [0.717, 1.165) is 17.7 Å². The fourth-order valence-electron chi connectivity index (χ4n) is 2.45. The molecule has 4 nitrogen and oxygen atoms in total. The highest BCUT2D eigenvalue weighted by molar-refractivity contribution is 5.87. The van der Waals surface area contributed by atoms with Crippen LogP contribution in [-0.4, -0.2) is 23.9 Å². The number of carbonyl (C=O) groups is 1. The summed E-state index contributed by atoms with van der Waals surface area (Å²) in [5.74, 6) is 0.109. The van der Waals surface area contributed by atoms with E-state index in [1.807, 2.05) is 31.3 Å². The van der Waals surface area contributed by atoms with E-state index in [-0.39, 0.29) is 11.9 Å². The molecule has 1 amide bonds. The lowest BCUT2D eigenvalue weighted by atomic mass is 10.1. The first-order valence-electron chi connectivity index (χ1n) is 6.34. The summed E-state index contributed by atoms with van der Waals surface area (Å²) in [5.41, 5.74) is 3.28. The maximum absolute atomic E-state index is 12.4. The van der Waals surface area contributed by atoms with Gasteiger partial charge in [0.2, 0.25) is 5.91 Å². The van der Waals surface area contributed by atoms with E-state index in [9.17, 15) is 4.79 Å². The molecule has 3 rings (SSSR count). The van der Waals surface area contributed by atoms with Crippen LogP contribution in [0.1, 0.15) is 11.1 Å². The summed E-state index contributed by atoms with van der Waals surface area (Å²) in [6.07, 6.45) is 4.04. The van der Waals surface area contributed by atoms with E-state index in [1.165, 1.54) is 5.56 Å². The number of anilines is 1. The summed E-state index contributed by atoms with van der Waals surface area (Å²) in [7, 11) is 1.82. The zero-order chi connectivity index (χ0) is 13.2. The number of hydrogen-bond donors (Lipinski definition) is 1. The summed E-state index contributed by atoms with van der Waals surface area (Å²) < 4.78 is 5.02. The van der Waals surface area contributed by atoms with Crippen LogP contribution in [0.25, 0.3) is 0 Å². The number of likely N-dealkylation sites (N-methyl/N-ethyl adjacent to an activating group) is 1. The van der Waals surface area contributed by atoms with Crippen LogP contribution in [0.4, 0.5) is 5.69 Å². The molecule has 0 fully saturated rings. The maximum Gasteiger partial charge on any atom is 0.245 e. The summed E-state index contributed by atoms with van der Waals surface area (Å²) in [6, 6.07) is 9.77. The predicted molar refractivity (Wildman–Crippen MR) is 72.7 cm³/mol. The van der Waals surface area contributed by atoms with Crippen molar-refractivity contribution in [1.29, 1.82) is 0 Å². The molecule has 2 aromatic rings. The highest BCUT2D eigenvalue weighted by atomic mass is 16.3. The van der Waals surface area contributed by atoms with Gasteiger partial charge in [0.15, 0.2) is 0 Å². The Morgan fingerprint density at radius 2 is 2.26 bits per heavy atom. The molecule has 0 radical (unpaired) electrons. The van der Waals surface area contributed by atoms with E-state index in [2.05, 4.69) is 11.4 Å². The molecule has 0 saturated heterocycles. The van der Waals surface area contributed by atoms with Gasteiger partial charge in [-0.3, -0.25) is 4.79 Å². The highest BCUT2D eigenvalue weighted by Crippen LogP contribution is 2.26. The van der Waals surface area contributed by atoms with Crippen molar-refractivity contribution in [1.82, 2.24) is 4.90 Å². The molecule has 0 aliphatic carbocycles. The molecule has 1 atom stereocenters. The number of fused-ring (bicyclic) bond motifs is 1. The quantitative estimate of drug-likeness (QED) is 0.916. The van der Waals surface area contributed by atoms with Gasteiger partial charge in [0.1, 0.15) is 6.04 Å². The molecule has 1 unspecified atom stereocenters. The van der Waals surface area contributed by atoms with Crippen LogP contribution < -0.4 is 5.32 Å². The van der Waals surface area contributed by atoms with E-state index < -0.39 is 0 Å². The molecule has 0 bridgehead atoms. The van der Waals surface area contributed by atoms with Gasteiger partial charge in [0.05, 0.1) is 12.5 Å². The minimum Gasteiger partial charge on any atom is -0.472 e. The first-order valence-corrected chi connectivity index (χ1v) is 6.34. The summed E-state index contributed by atoms with van der Waals surface area (Å²) in [5, 5.41) is 3.28. The Labute approximate surface area is 112 Å². The molecule has 2 heterocycles. The molecule has 1 aliphatic rings. The highest BCUT2D eigenvalue weighted by Gasteiger charge is 2.28. The molecule has 19 heavy (non-hydrogen) atoms. The Morgan fingerprint density at radius 1 is 1.42 bits per heavy atom. The summed E-state index contributed by atoms with van der Waals surface area (Å²) in [4.78, 5) is 14.1. The number of furan rings is 1. The second kappa shape index (κ2) is 4.80. The lowest BCUT2D eigenvalue weighted by Crippen LogP contribution is -2.39. The number of para-hydroxylation sites is 1. The second-order valence-electron chi connectivity index (χ2n) is 4.88. The zero-order valence-corrected chi connectivity index (χ0v) is 10.8. The fraction of sp³-hybridized carbons (Fsp3) is 0.267. The molecule has 1 aromatic heterocycles. The molecule has 4 heteroatoms.